The van der Waals surface area contributed by atoms with Crippen LogP contribution >= 0.6 is 11.6 Å². The van der Waals surface area contributed by atoms with Gasteiger partial charge < -0.3 is 0 Å². The summed E-state index contributed by atoms with van der Waals surface area (Å²) >= 11 is 5.75. The maximum atomic E-state index is 14.0. The van der Waals surface area contributed by atoms with Crippen molar-refractivity contribution in [3.8, 4) is 11.3 Å². The van der Waals surface area contributed by atoms with Crippen molar-refractivity contribution in [3.63, 3.8) is 0 Å². The lowest BCUT2D eigenvalue weighted by molar-refractivity contribution is -0.136. The molecule has 0 amide bonds. The minimum atomic E-state index is -4.51. The van der Waals surface area contributed by atoms with Gasteiger partial charge in [-0.1, -0.05) is 28.9 Å². The molecule has 0 aliphatic carbocycles. The lowest BCUT2D eigenvalue weighted by Gasteiger charge is -2.08. The van der Waals surface area contributed by atoms with Crippen LogP contribution in [0.25, 0.3) is 22.3 Å². The van der Waals surface area contributed by atoms with Crippen LogP contribution in [0.5, 0.6) is 0 Å². The van der Waals surface area contributed by atoms with E-state index in [1.165, 1.54) is 35.1 Å². The van der Waals surface area contributed by atoms with E-state index in [1.807, 2.05) is 0 Å². The first kappa shape index (κ1) is 18.4. The molecule has 0 fully saturated rings. The molecule has 0 N–H and O–H groups in total. The molecule has 0 aliphatic heterocycles. The van der Waals surface area contributed by atoms with Gasteiger partial charge in [0.05, 0.1) is 23.3 Å². The summed E-state index contributed by atoms with van der Waals surface area (Å²) in [7, 11) is 0. The highest BCUT2D eigenvalue weighted by Gasteiger charge is 2.34. The summed E-state index contributed by atoms with van der Waals surface area (Å²) in [5.41, 5.74) is 0.633. The maximum absolute atomic E-state index is 14.0. The predicted octanol–water partition coefficient (Wildman–Crippen LogP) is 5.35. The zero-order valence-electron chi connectivity index (χ0n) is 14.1. The monoisotopic (exact) mass is 406 g/mol. The van der Waals surface area contributed by atoms with E-state index in [2.05, 4.69) is 15.3 Å². The molecule has 4 nitrogen and oxygen atoms in total. The van der Waals surface area contributed by atoms with Gasteiger partial charge >= 0.3 is 6.18 Å². The summed E-state index contributed by atoms with van der Waals surface area (Å²) in [6.07, 6.45) is -2.99. The van der Waals surface area contributed by atoms with Crippen LogP contribution in [0.2, 0.25) is 5.02 Å². The average Bonchev–Trinajstić information content (AvgIpc) is 3.05. The van der Waals surface area contributed by atoms with Gasteiger partial charge in [0.1, 0.15) is 11.3 Å². The summed E-state index contributed by atoms with van der Waals surface area (Å²) in [5.74, 6) is -0.491. The first-order valence-corrected chi connectivity index (χ1v) is 8.50. The lowest BCUT2D eigenvalue weighted by atomic mass is 10.1. The summed E-state index contributed by atoms with van der Waals surface area (Å²) < 4.78 is 54.7. The molecule has 9 heteroatoms. The van der Waals surface area contributed by atoms with Crippen molar-refractivity contribution < 1.29 is 17.6 Å². The highest BCUT2D eigenvalue weighted by Crippen LogP contribution is 2.33. The zero-order chi connectivity index (χ0) is 19.9. The van der Waals surface area contributed by atoms with E-state index < -0.39 is 17.6 Å². The summed E-state index contributed by atoms with van der Waals surface area (Å²) in [6, 6.07) is 11.4. The second-order valence-corrected chi connectivity index (χ2v) is 6.53. The van der Waals surface area contributed by atoms with Crippen LogP contribution in [-0.4, -0.2) is 20.0 Å². The van der Waals surface area contributed by atoms with Crippen LogP contribution in [0, 0.1) is 5.82 Å². The van der Waals surface area contributed by atoms with Crippen molar-refractivity contribution in [2.24, 2.45) is 0 Å². The Morgan fingerprint density at radius 2 is 1.86 bits per heavy atom. The first-order valence-electron chi connectivity index (χ1n) is 8.13. The Labute approximate surface area is 161 Å². The second kappa shape index (κ2) is 6.87. The van der Waals surface area contributed by atoms with Gasteiger partial charge in [0.15, 0.2) is 0 Å². The summed E-state index contributed by atoms with van der Waals surface area (Å²) in [5, 5.41) is 7.80. The number of rotatable bonds is 3. The van der Waals surface area contributed by atoms with E-state index in [-0.39, 0.29) is 22.6 Å². The topological polar surface area (TPSA) is 43.6 Å². The van der Waals surface area contributed by atoms with E-state index in [4.69, 9.17) is 11.6 Å². The number of hydrogen-bond acceptors (Lipinski definition) is 3. The molecule has 4 rings (SSSR count). The van der Waals surface area contributed by atoms with Crippen LogP contribution in [0.15, 0.2) is 54.7 Å². The van der Waals surface area contributed by atoms with E-state index in [0.717, 1.165) is 6.07 Å². The van der Waals surface area contributed by atoms with Gasteiger partial charge in [-0.15, -0.1) is 5.10 Å². The molecule has 0 radical (unpaired) electrons. The smallest absolute Gasteiger partial charge is 0.256 e. The largest absolute Gasteiger partial charge is 0.418 e. The van der Waals surface area contributed by atoms with E-state index >= 15 is 0 Å². The Morgan fingerprint density at radius 3 is 2.54 bits per heavy atom. The van der Waals surface area contributed by atoms with Crippen molar-refractivity contribution in [2.75, 3.05) is 0 Å². The number of hydrogen-bond donors (Lipinski definition) is 0. The third kappa shape index (κ3) is 3.43. The van der Waals surface area contributed by atoms with Crippen LogP contribution in [0.4, 0.5) is 17.6 Å². The molecule has 0 saturated carbocycles. The van der Waals surface area contributed by atoms with Gasteiger partial charge in [0, 0.05) is 16.8 Å². The van der Waals surface area contributed by atoms with Crippen LogP contribution in [0.3, 0.4) is 0 Å². The molecule has 28 heavy (non-hydrogen) atoms. The van der Waals surface area contributed by atoms with Crippen molar-refractivity contribution >= 4 is 22.6 Å². The lowest BCUT2D eigenvalue weighted by Crippen LogP contribution is -2.06. The molecular formula is C19H11ClF4N4. The SMILES string of the molecule is Fc1cc(Cl)ccc1-c1ccc(Cn2nnc3c(C(F)(F)F)cccc32)cn1. The van der Waals surface area contributed by atoms with Crippen LogP contribution in [-0.2, 0) is 12.7 Å². The minimum absolute atomic E-state index is 0.175. The highest BCUT2D eigenvalue weighted by atomic mass is 35.5. The molecule has 0 unspecified atom stereocenters. The molecule has 4 aromatic rings. The van der Waals surface area contributed by atoms with Gasteiger partial charge in [-0.05, 0) is 42.0 Å². The fourth-order valence-electron chi connectivity index (χ4n) is 2.88. The normalized spacial score (nSPS) is 11.9. The standard InChI is InChI=1S/C19H11ClF4N4/c20-12-5-6-13(15(21)8-12)16-7-4-11(9-25-16)10-28-17-3-1-2-14(19(22,23)24)18(17)26-27-28/h1-9H,10H2. The molecule has 2 heterocycles. The highest BCUT2D eigenvalue weighted by molar-refractivity contribution is 6.30. The van der Waals surface area contributed by atoms with Crippen LogP contribution in [0.1, 0.15) is 11.1 Å². The number of fused-ring (bicyclic) bond motifs is 1. The fourth-order valence-corrected chi connectivity index (χ4v) is 3.04. The molecular weight excluding hydrogens is 396 g/mol. The van der Waals surface area contributed by atoms with Crippen molar-refractivity contribution in [1.29, 1.82) is 0 Å². The van der Waals surface area contributed by atoms with E-state index in [9.17, 15) is 17.6 Å². The van der Waals surface area contributed by atoms with Gasteiger partial charge in [-0.25, -0.2) is 9.07 Å². The van der Waals surface area contributed by atoms with Gasteiger partial charge in [0.25, 0.3) is 0 Å². The van der Waals surface area contributed by atoms with E-state index in [1.54, 1.807) is 18.2 Å². The van der Waals surface area contributed by atoms with Gasteiger partial charge in [-0.3, -0.25) is 4.98 Å². The Morgan fingerprint density at radius 1 is 1.04 bits per heavy atom. The summed E-state index contributed by atoms with van der Waals surface area (Å²) in [6.45, 7) is 0.175. The molecule has 0 atom stereocenters. The molecule has 0 spiro atoms. The molecule has 0 aliphatic rings. The Kier molecular flexibility index (Phi) is 4.50. The first-order chi connectivity index (χ1) is 13.3. The molecule has 2 aromatic carbocycles. The fraction of sp³-hybridized carbons (Fsp3) is 0.105. The molecule has 0 bridgehead atoms. The summed E-state index contributed by atoms with van der Waals surface area (Å²) in [4.78, 5) is 4.23. The third-order valence-electron chi connectivity index (χ3n) is 4.22. The van der Waals surface area contributed by atoms with Gasteiger partial charge in [0.2, 0.25) is 0 Å². The van der Waals surface area contributed by atoms with Crippen molar-refractivity contribution in [3.05, 3.63) is 76.7 Å². The zero-order valence-corrected chi connectivity index (χ0v) is 14.8. The molecule has 2 aromatic heterocycles. The van der Waals surface area contributed by atoms with Crippen molar-refractivity contribution in [2.45, 2.75) is 12.7 Å². The predicted molar refractivity (Wildman–Crippen MR) is 96.3 cm³/mol. The Balaban J connectivity index is 1.63. The number of benzene rings is 2. The number of nitrogens with zero attached hydrogens (tertiary/aromatic N) is 4. The second-order valence-electron chi connectivity index (χ2n) is 6.09. The van der Waals surface area contributed by atoms with Crippen LogP contribution < -0.4 is 0 Å². The maximum Gasteiger partial charge on any atom is 0.418 e. The average molecular weight is 407 g/mol. The number of alkyl halides is 3. The number of halogens is 5. The number of aromatic nitrogens is 4. The Hall–Kier alpha value is -3.00. The Bertz CT molecular complexity index is 1150. The minimum Gasteiger partial charge on any atom is -0.256 e. The number of pyridine rings is 1. The molecule has 142 valence electrons. The quantitative estimate of drug-likeness (QED) is 0.431. The van der Waals surface area contributed by atoms with Gasteiger partial charge in [-0.2, -0.15) is 13.2 Å². The molecule has 0 saturated heterocycles. The third-order valence-corrected chi connectivity index (χ3v) is 4.45. The van der Waals surface area contributed by atoms with E-state index in [0.29, 0.717) is 16.8 Å². The van der Waals surface area contributed by atoms with Crippen molar-refractivity contribution in [1.82, 2.24) is 20.0 Å².